The molecule has 0 spiro atoms. The number of allylic oxidation sites excluding steroid dienone is 3. The molecule has 9 aromatic rings. The molecule has 9 rings (SSSR count). The van der Waals surface area contributed by atoms with Crippen LogP contribution in [-0.4, -0.2) is 11.1 Å². The fourth-order valence-corrected chi connectivity index (χ4v) is 7.81. The van der Waals surface area contributed by atoms with Gasteiger partial charge in [0.15, 0.2) is 0 Å². The molecule has 266 valence electrons. The van der Waals surface area contributed by atoms with Crippen molar-refractivity contribution in [2.45, 2.75) is 6.92 Å². The summed E-state index contributed by atoms with van der Waals surface area (Å²) in [7, 11) is 0. The van der Waals surface area contributed by atoms with Crippen molar-refractivity contribution in [3.05, 3.63) is 230 Å². The van der Waals surface area contributed by atoms with Crippen LogP contribution in [0.2, 0.25) is 0 Å². The topological polar surface area (TPSA) is 8.17 Å². The molecule has 0 saturated carbocycles. The number of fused-ring (bicyclic) bond motifs is 3. The summed E-state index contributed by atoms with van der Waals surface area (Å²) >= 11 is 0. The van der Waals surface area contributed by atoms with Crippen LogP contribution in [0.3, 0.4) is 0 Å². The fraction of sp³-hybridized carbons (Fsp3) is 0.0370. The smallest absolute Gasteiger partial charge is 0.0541 e. The summed E-state index contributed by atoms with van der Waals surface area (Å²) in [4.78, 5) is 2.41. The summed E-state index contributed by atoms with van der Waals surface area (Å²) < 4.78 is 2.37. The van der Waals surface area contributed by atoms with Crippen LogP contribution in [0.15, 0.2) is 212 Å². The monoisotopic (exact) mass is 716 g/mol. The van der Waals surface area contributed by atoms with Crippen LogP contribution in [0.4, 0.5) is 11.4 Å². The van der Waals surface area contributed by atoms with Crippen molar-refractivity contribution in [1.29, 1.82) is 0 Å². The quantitative estimate of drug-likeness (QED) is 0.128. The Bertz CT molecular complexity index is 2810. The first kappa shape index (κ1) is 34.4. The molecule has 0 bridgehead atoms. The molecular formula is C54H40N2. The average Bonchev–Trinajstić information content (AvgIpc) is 3.61. The van der Waals surface area contributed by atoms with Gasteiger partial charge in [-0.2, -0.15) is 0 Å². The molecule has 0 saturated heterocycles. The highest BCUT2D eigenvalue weighted by molar-refractivity contribution is 6.10. The lowest BCUT2D eigenvalue weighted by Gasteiger charge is -2.27. The van der Waals surface area contributed by atoms with E-state index < -0.39 is 0 Å². The molecule has 0 aliphatic heterocycles. The van der Waals surface area contributed by atoms with Gasteiger partial charge in [0.25, 0.3) is 0 Å². The first-order valence-electron chi connectivity index (χ1n) is 19.2. The zero-order chi connectivity index (χ0) is 37.7. The van der Waals surface area contributed by atoms with Crippen LogP contribution >= 0.6 is 0 Å². The highest BCUT2D eigenvalue weighted by Gasteiger charge is 2.16. The third-order valence-corrected chi connectivity index (χ3v) is 10.6. The Hall–Kier alpha value is -7.34. The number of para-hydroxylation sites is 3. The van der Waals surface area contributed by atoms with Crippen molar-refractivity contribution in [2.75, 3.05) is 11.4 Å². The molecule has 0 radical (unpaired) electrons. The Kier molecular flexibility index (Phi) is 9.57. The molecule has 0 aliphatic carbocycles. The second-order valence-corrected chi connectivity index (χ2v) is 13.9. The van der Waals surface area contributed by atoms with E-state index in [2.05, 4.69) is 229 Å². The highest BCUT2D eigenvalue weighted by Crippen LogP contribution is 2.39. The SMILES string of the molecule is C/C=C(\C=C/CN(c1ccc(-c2ccccc2)cc1)c1ccccc1-c1cccc(-c2ccc3c(c2)c2ccccc2n3-c2ccccc2)c1)c1cc#ccc1. The summed E-state index contributed by atoms with van der Waals surface area (Å²) in [5.41, 5.74) is 15.3. The van der Waals surface area contributed by atoms with E-state index in [-0.39, 0.29) is 0 Å². The standard InChI is InChI=1S/C54H40N2/c1-2-40(41-18-6-3-7-19-41)24-17-37-55(47-34-31-43(32-35-47)42-20-8-4-9-21-42)52-29-14-12-27-49(52)46-23-16-22-44(38-46)45-33-36-54-51(39-45)50-28-13-15-30-53(50)56(54)48-25-10-5-11-26-48/h2,4-6,8-36,38-39H,37H2,1H3/b24-17-,40-2+. The Morgan fingerprint density at radius 1 is 0.554 bits per heavy atom. The van der Waals surface area contributed by atoms with Gasteiger partial charge in [-0.1, -0.05) is 152 Å². The minimum atomic E-state index is 0.684. The van der Waals surface area contributed by atoms with Crippen LogP contribution in [0.5, 0.6) is 0 Å². The maximum absolute atomic E-state index is 3.10. The third-order valence-electron chi connectivity index (χ3n) is 10.6. The fourth-order valence-electron chi connectivity index (χ4n) is 7.81. The Morgan fingerprint density at radius 2 is 1.21 bits per heavy atom. The summed E-state index contributed by atoms with van der Waals surface area (Å²) in [6.45, 7) is 2.77. The molecular weight excluding hydrogens is 677 g/mol. The number of benzene rings is 7. The highest BCUT2D eigenvalue weighted by atomic mass is 15.1. The normalized spacial score (nSPS) is 11.6. The van der Waals surface area contributed by atoms with E-state index in [9.17, 15) is 0 Å². The van der Waals surface area contributed by atoms with Gasteiger partial charge < -0.3 is 9.47 Å². The maximum Gasteiger partial charge on any atom is 0.0541 e. The number of hydrogen-bond donors (Lipinski definition) is 0. The van der Waals surface area contributed by atoms with Crippen LogP contribution < -0.4 is 4.90 Å². The van der Waals surface area contributed by atoms with Gasteiger partial charge in [-0.3, -0.25) is 0 Å². The first-order valence-corrected chi connectivity index (χ1v) is 19.2. The second-order valence-electron chi connectivity index (χ2n) is 13.9. The predicted octanol–water partition coefficient (Wildman–Crippen LogP) is 14.2. The molecule has 1 aromatic heterocycles. The zero-order valence-electron chi connectivity index (χ0n) is 31.3. The number of nitrogens with zero attached hydrogens (tertiary/aromatic N) is 2. The largest absolute Gasteiger partial charge is 0.337 e. The molecule has 56 heavy (non-hydrogen) atoms. The van der Waals surface area contributed by atoms with Gasteiger partial charge >= 0.3 is 0 Å². The minimum Gasteiger partial charge on any atom is -0.337 e. The lowest BCUT2D eigenvalue weighted by atomic mass is 9.96. The maximum atomic E-state index is 3.10. The summed E-state index contributed by atoms with van der Waals surface area (Å²) in [5, 5.41) is 2.50. The van der Waals surface area contributed by atoms with E-state index >= 15 is 0 Å². The lowest BCUT2D eigenvalue weighted by molar-refractivity contribution is 1.10. The molecule has 0 amide bonds. The number of anilines is 2. The van der Waals surface area contributed by atoms with Crippen LogP contribution in [0, 0.1) is 12.1 Å². The van der Waals surface area contributed by atoms with E-state index in [0.717, 1.165) is 22.5 Å². The van der Waals surface area contributed by atoms with Gasteiger partial charge in [-0.05, 0) is 119 Å². The molecule has 8 aromatic carbocycles. The van der Waals surface area contributed by atoms with Gasteiger partial charge in [0.05, 0.1) is 11.0 Å². The van der Waals surface area contributed by atoms with Gasteiger partial charge in [0.1, 0.15) is 0 Å². The van der Waals surface area contributed by atoms with Gasteiger partial charge in [-0.15, -0.1) is 0 Å². The molecule has 1 heterocycles. The third kappa shape index (κ3) is 6.79. The van der Waals surface area contributed by atoms with Gasteiger partial charge in [0.2, 0.25) is 0 Å². The van der Waals surface area contributed by atoms with Crippen molar-refractivity contribution < 1.29 is 0 Å². The molecule has 2 heteroatoms. The second kappa shape index (κ2) is 15.6. The molecule has 2 nitrogen and oxygen atoms in total. The summed E-state index contributed by atoms with van der Waals surface area (Å²) in [6, 6.07) is 75.6. The molecule has 0 aliphatic rings. The molecule has 0 N–H and O–H groups in total. The Labute approximate surface area is 329 Å². The molecule has 0 atom stereocenters. The summed E-state index contributed by atoms with van der Waals surface area (Å²) in [5.74, 6) is 0. The summed E-state index contributed by atoms with van der Waals surface area (Å²) in [6.07, 6.45) is 6.61. The van der Waals surface area contributed by atoms with Crippen molar-refractivity contribution in [1.82, 2.24) is 4.57 Å². The van der Waals surface area contributed by atoms with E-state index in [1.165, 1.54) is 60.9 Å². The molecule has 0 unspecified atom stereocenters. The van der Waals surface area contributed by atoms with E-state index in [1.807, 2.05) is 12.1 Å². The van der Waals surface area contributed by atoms with Gasteiger partial charge in [0, 0.05) is 39.9 Å². The van der Waals surface area contributed by atoms with Crippen molar-refractivity contribution in [2.24, 2.45) is 0 Å². The van der Waals surface area contributed by atoms with Crippen LogP contribution in [0.1, 0.15) is 12.5 Å². The van der Waals surface area contributed by atoms with E-state index in [4.69, 9.17) is 0 Å². The van der Waals surface area contributed by atoms with Crippen molar-refractivity contribution in [3.8, 4) is 39.1 Å². The Morgan fingerprint density at radius 3 is 2.02 bits per heavy atom. The predicted molar refractivity (Wildman–Crippen MR) is 237 cm³/mol. The first-order chi connectivity index (χ1) is 27.7. The van der Waals surface area contributed by atoms with E-state index in [0.29, 0.717) is 6.54 Å². The lowest BCUT2D eigenvalue weighted by Crippen LogP contribution is -2.17. The van der Waals surface area contributed by atoms with Crippen LogP contribution in [0.25, 0.3) is 66.4 Å². The Balaban J connectivity index is 1.11. The number of rotatable bonds is 10. The van der Waals surface area contributed by atoms with E-state index in [1.54, 1.807) is 0 Å². The zero-order valence-corrected chi connectivity index (χ0v) is 31.3. The van der Waals surface area contributed by atoms with Crippen LogP contribution in [-0.2, 0) is 0 Å². The van der Waals surface area contributed by atoms with Crippen molar-refractivity contribution >= 4 is 38.8 Å². The van der Waals surface area contributed by atoms with Gasteiger partial charge in [-0.25, -0.2) is 0 Å². The minimum absolute atomic E-state index is 0.684. The average molecular weight is 717 g/mol. The number of hydrogen-bond acceptors (Lipinski definition) is 1. The van der Waals surface area contributed by atoms with Crippen molar-refractivity contribution in [3.63, 3.8) is 0 Å². The number of aromatic nitrogens is 1. The molecule has 0 fully saturated rings.